The van der Waals surface area contributed by atoms with Crippen molar-refractivity contribution in [3.63, 3.8) is 0 Å². The molecule has 1 aromatic heterocycles. The van der Waals surface area contributed by atoms with Crippen molar-refractivity contribution in [1.82, 2.24) is 9.97 Å². The predicted octanol–water partition coefficient (Wildman–Crippen LogP) is 2.19. The summed E-state index contributed by atoms with van der Waals surface area (Å²) >= 11 is 1.22. The Labute approximate surface area is 90.4 Å². The van der Waals surface area contributed by atoms with Gasteiger partial charge in [-0.1, -0.05) is 6.07 Å². The van der Waals surface area contributed by atoms with Crippen molar-refractivity contribution in [3.05, 3.63) is 42.0 Å². The number of halogens is 1. The molecule has 2 rings (SSSR count). The van der Waals surface area contributed by atoms with Gasteiger partial charge in [-0.05, 0) is 29.5 Å². The molecule has 0 saturated carbocycles. The summed E-state index contributed by atoms with van der Waals surface area (Å²) in [6.45, 7) is -0.150. The third kappa shape index (κ3) is 2.37. The van der Waals surface area contributed by atoms with Gasteiger partial charge in [0.25, 0.3) is 0 Å². The maximum atomic E-state index is 13.5. The fourth-order valence-corrected chi connectivity index (χ4v) is 1.88. The van der Waals surface area contributed by atoms with Crippen LogP contribution in [0.1, 0.15) is 5.56 Å². The fraction of sp³-hybridized carbons (Fsp3) is 0.100. The van der Waals surface area contributed by atoms with E-state index in [0.29, 0.717) is 15.6 Å². The van der Waals surface area contributed by atoms with E-state index >= 15 is 0 Å². The average Bonchev–Trinajstić information content (AvgIpc) is 2.74. The van der Waals surface area contributed by atoms with Crippen molar-refractivity contribution < 1.29 is 9.50 Å². The molecule has 0 spiro atoms. The second-order valence-corrected chi connectivity index (χ2v) is 3.95. The highest BCUT2D eigenvalue weighted by Gasteiger charge is 2.06. The molecule has 0 amide bonds. The summed E-state index contributed by atoms with van der Waals surface area (Å²) in [5.41, 5.74) is 0.566. The highest BCUT2D eigenvalue weighted by atomic mass is 32.2. The van der Waals surface area contributed by atoms with Crippen LogP contribution in [0.4, 0.5) is 4.39 Å². The first kappa shape index (κ1) is 10.2. The first-order chi connectivity index (χ1) is 7.29. The number of nitrogens with one attached hydrogen (secondary N) is 1. The minimum absolute atomic E-state index is 0.150. The maximum Gasteiger partial charge on any atom is 0.170 e. The predicted molar refractivity (Wildman–Crippen MR) is 55.0 cm³/mol. The first-order valence-corrected chi connectivity index (χ1v) is 5.18. The Kier molecular flexibility index (Phi) is 3.03. The molecule has 0 unspecified atom stereocenters. The van der Waals surface area contributed by atoms with Crippen LogP contribution in [-0.4, -0.2) is 15.1 Å². The molecule has 78 valence electrons. The van der Waals surface area contributed by atoms with E-state index in [4.69, 9.17) is 5.11 Å². The van der Waals surface area contributed by atoms with E-state index in [0.717, 1.165) is 0 Å². The van der Waals surface area contributed by atoms with Crippen LogP contribution in [0.25, 0.3) is 0 Å². The standard InChI is InChI=1S/C10H9FN2OS/c11-8-5-7(6-14)1-2-9(8)15-10-12-3-4-13-10/h1-5,14H,6H2,(H,12,13). The smallest absolute Gasteiger partial charge is 0.170 e. The number of aromatic amines is 1. The van der Waals surface area contributed by atoms with Gasteiger partial charge in [0, 0.05) is 12.4 Å². The van der Waals surface area contributed by atoms with Gasteiger partial charge in [-0.15, -0.1) is 0 Å². The van der Waals surface area contributed by atoms with Gasteiger partial charge in [-0.2, -0.15) is 0 Å². The van der Waals surface area contributed by atoms with Gasteiger partial charge >= 0.3 is 0 Å². The van der Waals surface area contributed by atoms with E-state index in [1.165, 1.54) is 17.8 Å². The van der Waals surface area contributed by atoms with Crippen LogP contribution < -0.4 is 0 Å². The molecule has 0 atom stereocenters. The Morgan fingerprint density at radius 2 is 2.33 bits per heavy atom. The normalized spacial score (nSPS) is 10.5. The van der Waals surface area contributed by atoms with Gasteiger partial charge in [-0.25, -0.2) is 9.37 Å². The topological polar surface area (TPSA) is 48.9 Å². The molecular weight excluding hydrogens is 215 g/mol. The van der Waals surface area contributed by atoms with E-state index in [2.05, 4.69) is 9.97 Å². The summed E-state index contributed by atoms with van der Waals surface area (Å²) in [6, 6.07) is 4.65. The number of hydrogen-bond donors (Lipinski definition) is 2. The molecule has 15 heavy (non-hydrogen) atoms. The second kappa shape index (κ2) is 4.46. The molecule has 0 fully saturated rings. The summed E-state index contributed by atoms with van der Waals surface area (Å²) < 4.78 is 13.5. The molecule has 0 bridgehead atoms. The third-order valence-electron chi connectivity index (χ3n) is 1.86. The van der Waals surface area contributed by atoms with Crippen LogP contribution in [-0.2, 0) is 6.61 Å². The summed E-state index contributed by atoms with van der Waals surface area (Å²) in [4.78, 5) is 7.35. The quantitative estimate of drug-likeness (QED) is 0.840. The van der Waals surface area contributed by atoms with E-state index < -0.39 is 0 Å². The molecule has 2 aromatic rings. The summed E-state index contributed by atoms with van der Waals surface area (Å²) in [5, 5.41) is 9.46. The number of benzene rings is 1. The average molecular weight is 224 g/mol. The summed E-state index contributed by atoms with van der Waals surface area (Å²) in [7, 11) is 0. The number of rotatable bonds is 3. The molecule has 2 N–H and O–H groups in total. The minimum Gasteiger partial charge on any atom is -0.392 e. The van der Waals surface area contributed by atoms with Crippen LogP contribution in [0.5, 0.6) is 0 Å². The molecule has 1 heterocycles. The Bertz CT molecular complexity index is 445. The van der Waals surface area contributed by atoms with Gasteiger partial charge in [0.05, 0.1) is 11.5 Å². The molecule has 0 aliphatic carbocycles. The maximum absolute atomic E-state index is 13.5. The molecular formula is C10H9FN2OS. The zero-order chi connectivity index (χ0) is 10.7. The number of imidazole rings is 1. The zero-order valence-electron chi connectivity index (χ0n) is 7.77. The van der Waals surface area contributed by atoms with E-state index in [-0.39, 0.29) is 12.4 Å². The highest BCUT2D eigenvalue weighted by Crippen LogP contribution is 2.27. The monoisotopic (exact) mass is 224 g/mol. The van der Waals surface area contributed by atoms with E-state index in [1.54, 1.807) is 24.5 Å². The van der Waals surface area contributed by atoms with Crippen LogP contribution in [0.15, 0.2) is 40.6 Å². The molecule has 5 heteroatoms. The Morgan fingerprint density at radius 3 is 2.93 bits per heavy atom. The lowest BCUT2D eigenvalue weighted by Gasteiger charge is -2.02. The summed E-state index contributed by atoms with van der Waals surface area (Å²) in [5.74, 6) is -0.344. The van der Waals surface area contributed by atoms with Crippen LogP contribution >= 0.6 is 11.8 Å². The van der Waals surface area contributed by atoms with Crippen LogP contribution in [0.3, 0.4) is 0 Å². The third-order valence-corrected chi connectivity index (χ3v) is 2.83. The Balaban J connectivity index is 2.22. The molecule has 0 radical (unpaired) electrons. The molecule has 0 aliphatic rings. The molecule has 0 aliphatic heterocycles. The lowest BCUT2D eigenvalue weighted by atomic mass is 10.2. The van der Waals surface area contributed by atoms with Crippen LogP contribution in [0, 0.1) is 5.82 Å². The van der Waals surface area contributed by atoms with Gasteiger partial charge in [-0.3, -0.25) is 0 Å². The zero-order valence-corrected chi connectivity index (χ0v) is 8.59. The minimum atomic E-state index is -0.344. The fourth-order valence-electron chi connectivity index (χ4n) is 1.14. The van der Waals surface area contributed by atoms with Crippen molar-refractivity contribution in [2.45, 2.75) is 16.7 Å². The SMILES string of the molecule is OCc1ccc(Sc2ncc[nH]2)c(F)c1. The van der Waals surface area contributed by atoms with Gasteiger partial charge in [0.2, 0.25) is 0 Å². The second-order valence-electron chi connectivity index (χ2n) is 2.92. The molecule has 3 nitrogen and oxygen atoms in total. The lowest BCUT2D eigenvalue weighted by Crippen LogP contribution is -1.87. The number of aliphatic hydroxyl groups is 1. The first-order valence-electron chi connectivity index (χ1n) is 4.36. The Hall–Kier alpha value is -1.33. The molecule has 0 saturated heterocycles. The highest BCUT2D eigenvalue weighted by molar-refractivity contribution is 7.99. The summed E-state index contributed by atoms with van der Waals surface area (Å²) in [6.07, 6.45) is 3.30. The van der Waals surface area contributed by atoms with Crippen molar-refractivity contribution in [1.29, 1.82) is 0 Å². The van der Waals surface area contributed by atoms with Gasteiger partial charge < -0.3 is 10.1 Å². The lowest BCUT2D eigenvalue weighted by molar-refractivity contribution is 0.281. The van der Waals surface area contributed by atoms with E-state index in [1.807, 2.05) is 0 Å². The number of aromatic nitrogens is 2. The largest absolute Gasteiger partial charge is 0.392 e. The van der Waals surface area contributed by atoms with E-state index in [9.17, 15) is 4.39 Å². The van der Waals surface area contributed by atoms with Gasteiger partial charge in [0.15, 0.2) is 5.16 Å². The number of aliphatic hydroxyl groups excluding tert-OH is 1. The van der Waals surface area contributed by atoms with Crippen molar-refractivity contribution in [2.75, 3.05) is 0 Å². The van der Waals surface area contributed by atoms with Gasteiger partial charge in [0.1, 0.15) is 5.82 Å². The van der Waals surface area contributed by atoms with Crippen molar-refractivity contribution in [2.24, 2.45) is 0 Å². The number of H-pyrrole nitrogens is 1. The Morgan fingerprint density at radius 1 is 1.47 bits per heavy atom. The van der Waals surface area contributed by atoms with Crippen molar-refractivity contribution >= 4 is 11.8 Å². The number of hydrogen-bond acceptors (Lipinski definition) is 3. The number of nitrogens with zero attached hydrogens (tertiary/aromatic N) is 1. The molecule has 1 aromatic carbocycles. The van der Waals surface area contributed by atoms with Crippen molar-refractivity contribution in [3.8, 4) is 0 Å². The van der Waals surface area contributed by atoms with Crippen LogP contribution in [0.2, 0.25) is 0 Å².